The lowest BCUT2D eigenvalue weighted by Gasteiger charge is -2.19. The summed E-state index contributed by atoms with van der Waals surface area (Å²) in [6.45, 7) is 3.40. The second-order valence-corrected chi connectivity index (χ2v) is 5.49. The molecule has 1 atom stereocenters. The van der Waals surface area contributed by atoms with Crippen LogP contribution in [0.3, 0.4) is 0 Å². The minimum Gasteiger partial charge on any atom is -0.344 e. The van der Waals surface area contributed by atoms with Crippen LogP contribution in [0.15, 0.2) is 66.4 Å². The van der Waals surface area contributed by atoms with Crippen molar-refractivity contribution >= 4 is 17.9 Å². The Morgan fingerprint density at radius 2 is 1.58 bits per heavy atom. The normalized spacial score (nSPS) is 12.3. The van der Waals surface area contributed by atoms with Crippen LogP contribution in [0.25, 0.3) is 6.08 Å². The lowest BCUT2D eigenvalue weighted by molar-refractivity contribution is -0.122. The smallest absolute Gasteiger partial charge is 0.268 e. The fraction of sp³-hybridized carbons (Fsp3) is 0.200. The summed E-state index contributed by atoms with van der Waals surface area (Å²) in [5, 5.41) is 5.61. The zero-order valence-corrected chi connectivity index (χ0v) is 14.0. The summed E-state index contributed by atoms with van der Waals surface area (Å²) in [5.74, 6) is -0.579. The van der Waals surface area contributed by atoms with Crippen LogP contribution in [-0.4, -0.2) is 11.8 Å². The van der Waals surface area contributed by atoms with E-state index in [9.17, 15) is 9.59 Å². The number of amides is 2. The highest BCUT2D eigenvalue weighted by Crippen LogP contribution is 2.16. The molecular formula is C20H22N2O2. The zero-order valence-electron chi connectivity index (χ0n) is 14.0. The number of hydrogen-bond donors (Lipinski definition) is 2. The summed E-state index contributed by atoms with van der Waals surface area (Å²) >= 11 is 0. The number of rotatable bonds is 6. The predicted octanol–water partition coefficient (Wildman–Crippen LogP) is 3.43. The molecule has 0 spiro atoms. The Labute approximate surface area is 142 Å². The molecule has 0 saturated carbocycles. The van der Waals surface area contributed by atoms with Gasteiger partial charge in [0.2, 0.25) is 5.91 Å². The van der Waals surface area contributed by atoms with E-state index in [4.69, 9.17) is 0 Å². The van der Waals surface area contributed by atoms with Gasteiger partial charge in [0.05, 0.1) is 6.04 Å². The first-order valence-electron chi connectivity index (χ1n) is 8.00. The summed E-state index contributed by atoms with van der Waals surface area (Å²) in [4.78, 5) is 24.1. The van der Waals surface area contributed by atoms with Crippen LogP contribution in [0.2, 0.25) is 0 Å². The molecule has 4 heteroatoms. The Morgan fingerprint density at radius 3 is 2.12 bits per heavy atom. The topological polar surface area (TPSA) is 58.2 Å². The van der Waals surface area contributed by atoms with Gasteiger partial charge in [-0.25, -0.2) is 0 Å². The Hall–Kier alpha value is -2.88. The van der Waals surface area contributed by atoms with Gasteiger partial charge in [0, 0.05) is 6.92 Å². The van der Waals surface area contributed by atoms with Gasteiger partial charge in [-0.1, -0.05) is 67.6 Å². The monoisotopic (exact) mass is 322 g/mol. The lowest BCUT2D eigenvalue weighted by Crippen LogP contribution is -2.36. The van der Waals surface area contributed by atoms with E-state index in [0.717, 1.165) is 17.5 Å². The fourth-order valence-corrected chi connectivity index (χ4v) is 2.41. The number of benzene rings is 2. The van der Waals surface area contributed by atoms with Crippen LogP contribution in [0.5, 0.6) is 0 Å². The fourth-order valence-electron chi connectivity index (χ4n) is 2.41. The van der Waals surface area contributed by atoms with Crippen molar-refractivity contribution in [3.63, 3.8) is 0 Å². The molecule has 2 amide bonds. The Bertz CT molecular complexity index is 709. The van der Waals surface area contributed by atoms with Crippen molar-refractivity contribution < 1.29 is 9.59 Å². The van der Waals surface area contributed by atoms with Crippen LogP contribution < -0.4 is 10.6 Å². The average molecular weight is 322 g/mol. The molecule has 2 aromatic rings. The first-order chi connectivity index (χ1) is 11.6. The Kier molecular flexibility index (Phi) is 6.32. The Balaban J connectivity index is 2.21. The SMILES string of the molecule is CCC(NC(=O)/C(=C/c1ccccc1)NC(C)=O)c1ccccc1. The van der Waals surface area contributed by atoms with Gasteiger partial charge in [-0.3, -0.25) is 9.59 Å². The molecule has 2 aromatic carbocycles. The molecule has 0 saturated heterocycles. The van der Waals surface area contributed by atoms with E-state index in [0.29, 0.717) is 0 Å². The molecule has 0 aliphatic rings. The van der Waals surface area contributed by atoms with Gasteiger partial charge in [-0.05, 0) is 23.6 Å². The minimum absolute atomic E-state index is 0.105. The number of hydrogen-bond acceptors (Lipinski definition) is 2. The zero-order chi connectivity index (χ0) is 17.4. The average Bonchev–Trinajstić information content (AvgIpc) is 2.60. The van der Waals surface area contributed by atoms with Crippen molar-refractivity contribution in [1.29, 1.82) is 0 Å². The molecule has 0 bridgehead atoms. The molecule has 0 fully saturated rings. The summed E-state index contributed by atoms with van der Waals surface area (Å²) in [7, 11) is 0. The van der Waals surface area contributed by atoms with Crippen molar-refractivity contribution in [3.05, 3.63) is 77.5 Å². The first-order valence-corrected chi connectivity index (χ1v) is 8.00. The highest BCUT2D eigenvalue weighted by atomic mass is 16.2. The van der Waals surface area contributed by atoms with Gasteiger partial charge < -0.3 is 10.6 Å². The lowest BCUT2D eigenvalue weighted by atomic mass is 10.0. The van der Waals surface area contributed by atoms with Gasteiger partial charge >= 0.3 is 0 Å². The molecule has 0 aliphatic carbocycles. The molecule has 0 aliphatic heterocycles. The van der Waals surface area contributed by atoms with Crippen LogP contribution in [-0.2, 0) is 9.59 Å². The molecule has 2 N–H and O–H groups in total. The van der Waals surface area contributed by atoms with E-state index in [1.54, 1.807) is 6.08 Å². The molecule has 4 nitrogen and oxygen atoms in total. The maximum Gasteiger partial charge on any atom is 0.268 e. The second-order valence-electron chi connectivity index (χ2n) is 5.49. The second kappa shape index (κ2) is 8.67. The third-order valence-electron chi connectivity index (χ3n) is 3.58. The molecule has 0 heterocycles. The van der Waals surface area contributed by atoms with Crippen LogP contribution in [0.1, 0.15) is 37.4 Å². The van der Waals surface area contributed by atoms with Gasteiger partial charge in [-0.2, -0.15) is 0 Å². The third kappa shape index (κ3) is 5.09. The van der Waals surface area contributed by atoms with E-state index >= 15 is 0 Å². The van der Waals surface area contributed by atoms with Crippen LogP contribution >= 0.6 is 0 Å². The van der Waals surface area contributed by atoms with Crippen molar-refractivity contribution in [3.8, 4) is 0 Å². The number of nitrogens with one attached hydrogen (secondary N) is 2. The van der Waals surface area contributed by atoms with Crippen molar-refractivity contribution in [2.75, 3.05) is 0 Å². The largest absolute Gasteiger partial charge is 0.344 e. The van der Waals surface area contributed by atoms with Gasteiger partial charge in [0.1, 0.15) is 5.70 Å². The molecule has 0 radical (unpaired) electrons. The highest BCUT2D eigenvalue weighted by molar-refractivity contribution is 6.01. The van der Waals surface area contributed by atoms with E-state index < -0.39 is 0 Å². The number of carbonyl (C=O) groups excluding carboxylic acids is 2. The predicted molar refractivity (Wildman–Crippen MR) is 95.9 cm³/mol. The first kappa shape index (κ1) is 17.5. The van der Waals surface area contributed by atoms with Gasteiger partial charge in [0.15, 0.2) is 0 Å². The number of carbonyl (C=O) groups is 2. The quantitative estimate of drug-likeness (QED) is 0.801. The van der Waals surface area contributed by atoms with E-state index in [1.165, 1.54) is 6.92 Å². The Morgan fingerprint density at radius 1 is 1.00 bits per heavy atom. The molecule has 124 valence electrons. The van der Waals surface area contributed by atoms with E-state index in [2.05, 4.69) is 10.6 Å². The summed E-state index contributed by atoms with van der Waals surface area (Å²) in [5.41, 5.74) is 2.13. The van der Waals surface area contributed by atoms with Crippen molar-refractivity contribution in [2.24, 2.45) is 0 Å². The summed E-state index contributed by atoms with van der Waals surface area (Å²) in [6, 6.07) is 19.1. The maximum absolute atomic E-state index is 12.6. The van der Waals surface area contributed by atoms with E-state index in [-0.39, 0.29) is 23.6 Å². The molecule has 24 heavy (non-hydrogen) atoms. The molecule has 2 rings (SSSR count). The van der Waals surface area contributed by atoms with Gasteiger partial charge in [-0.15, -0.1) is 0 Å². The molecular weight excluding hydrogens is 300 g/mol. The third-order valence-corrected chi connectivity index (χ3v) is 3.58. The summed E-state index contributed by atoms with van der Waals surface area (Å²) < 4.78 is 0. The van der Waals surface area contributed by atoms with Gasteiger partial charge in [0.25, 0.3) is 5.91 Å². The maximum atomic E-state index is 12.6. The summed E-state index contributed by atoms with van der Waals surface area (Å²) in [6.07, 6.45) is 2.43. The standard InChI is InChI=1S/C20H22N2O2/c1-3-18(17-12-8-5-9-13-17)22-20(24)19(21-15(2)23)14-16-10-6-4-7-11-16/h4-14,18H,3H2,1-2H3,(H,21,23)(H,22,24)/b19-14-. The molecule has 0 aromatic heterocycles. The van der Waals surface area contributed by atoms with Crippen LogP contribution in [0, 0.1) is 0 Å². The van der Waals surface area contributed by atoms with Crippen molar-refractivity contribution in [1.82, 2.24) is 10.6 Å². The van der Waals surface area contributed by atoms with Crippen LogP contribution in [0.4, 0.5) is 0 Å². The molecule has 1 unspecified atom stereocenters. The van der Waals surface area contributed by atoms with Crippen molar-refractivity contribution in [2.45, 2.75) is 26.3 Å². The van der Waals surface area contributed by atoms with E-state index in [1.807, 2.05) is 67.6 Å². The highest BCUT2D eigenvalue weighted by Gasteiger charge is 2.16. The minimum atomic E-state index is -0.301.